The summed E-state index contributed by atoms with van der Waals surface area (Å²) in [5, 5.41) is 7.75. The molecule has 0 radical (unpaired) electrons. The van der Waals surface area contributed by atoms with Gasteiger partial charge in [0.1, 0.15) is 0 Å². The molecule has 4 nitrogen and oxygen atoms in total. The first-order valence-electron chi connectivity index (χ1n) is 7.07. The van der Waals surface area contributed by atoms with E-state index in [0.717, 1.165) is 32.0 Å². The smallest absolute Gasteiger partial charge is 0.0522 e. The lowest BCUT2D eigenvalue weighted by Gasteiger charge is -2.37. The minimum atomic E-state index is 0.704. The molecule has 0 aromatic carbocycles. The summed E-state index contributed by atoms with van der Waals surface area (Å²) >= 11 is 0. The van der Waals surface area contributed by atoms with Crippen LogP contribution in [0, 0.1) is 5.92 Å². The van der Waals surface area contributed by atoms with E-state index in [1.807, 2.05) is 17.9 Å². The molecule has 1 aromatic rings. The van der Waals surface area contributed by atoms with Gasteiger partial charge in [-0.15, -0.1) is 0 Å². The minimum absolute atomic E-state index is 0.704. The Labute approximate surface area is 110 Å². The van der Waals surface area contributed by atoms with E-state index in [-0.39, 0.29) is 0 Å². The Bertz CT molecular complexity index is 358. The number of hydrogen-bond donors (Lipinski definition) is 1. The second-order valence-corrected chi connectivity index (χ2v) is 5.80. The van der Waals surface area contributed by atoms with E-state index in [1.165, 1.54) is 18.5 Å². The Morgan fingerprint density at radius 3 is 3.00 bits per heavy atom. The number of aryl methyl sites for hydroxylation is 1. The van der Waals surface area contributed by atoms with Crippen molar-refractivity contribution in [1.82, 2.24) is 20.0 Å². The van der Waals surface area contributed by atoms with E-state index in [1.54, 1.807) is 0 Å². The van der Waals surface area contributed by atoms with Gasteiger partial charge < -0.3 is 5.32 Å². The summed E-state index contributed by atoms with van der Waals surface area (Å²) in [6.07, 6.45) is 6.52. The fourth-order valence-corrected chi connectivity index (χ4v) is 2.75. The monoisotopic (exact) mass is 250 g/mol. The van der Waals surface area contributed by atoms with Gasteiger partial charge in [0.25, 0.3) is 0 Å². The van der Waals surface area contributed by atoms with Crippen LogP contribution >= 0.6 is 0 Å². The Balaban J connectivity index is 1.85. The van der Waals surface area contributed by atoms with E-state index in [4.69, 9.17) is 0 Å². The van der Waals surface area contributed by atoms with Gasteiger partial charge in [0, 0.05) is 45.5 Å². The fraction of sp³-hybridized carbons (Fsp3) is 0.786. The molecular weight excluding hydrogens is 224 g/mol. The van der Waals surface area contributed by atoms with Crippen molar-refractivity contribution in [2.75, 3.05) is 26.2 Å². The SMILES string of the molecule is CC(C)CC1CNCCN1CCc1cnn(C)c1. The first-order valence-corrected chi connectivity index (χ1v) is 7.07. The van der Waals surface area contributed by atoms with Crippen molar-refractivity contribution in [3.8, 4) is 0 Å². The third-order valence-corrected chi connectivity index (χ3v) is 3.66. The summed E-state index contributed by atoms with van der Waals surface area (Å²) in [7, 11) is 1.98. The Morgan fingerprint density at radius 2 is 2.33 bits per heavy atom. The number of nitrogens with one attached hydrogen (secondary N) is 1. The molecule has 0 saturated carbocycles. The third-order valence-electron chi connectivity index (χ3n) is 3.66. The van der Waals surface area contributed by atoms with Crippen LogP contribution in [0.5, 0.6) is 0 Å². The van der Waals surface area contributed by atoms with Crippen molar-refractivity contribution in [3.05, 3.63) is 18.0 Å². The molecular formula is C14H26N4. The zero-order valence-corrected chi connectivity index (χ0v) is 11.9. The molecule has 1 N–H and O–H groups in total. The molecule has 0 aliphatic carbocycles. The van der Waals surface area contributed by atoms with Crippen molar-refractivity contribution in [1.29, 1.82) is 0 Å². The second-order valence-electron chi connectivity index (χ2n) is 5.80. The molecule has 0 bridgehead atoms. The van der Waals surface area contributed by atoms with E-state index in [0.29, 0.717) is 6.04 Å². The van der Waals surface area contributed by atoms with Crippen LogP contribution in [0.4, 0.5) is 0 Å². The van der Waals surface area contributed by atoms with E-state index in [2.05, 4.69) is 35.4 Å². The third kappa shape index (κ3) is 3.82. The molecule has 1 aromatic heterocycles. The maximum absolute atomic E-state index is 4.23. The van der Waals surface area contributed by atoms with Crippen LogP contribution in [0.3, 0.4) is 0 Å². The lowest BCUT2D eigenvalue weighted by atomic mass is 10.0. The van der Waals surface area contributed by atoms with Crippen LogP contribution in [0.1, 0.15) is 25.8 Å². The Hall–Kier alpha value is -0.870. The zero-order chi connectivity index (χ0) is 13.0. The van der Waals surface area contributed by atoms with Crippen LogP contribution < -0.4 is 5.32 Å². The highest BCUT2D eigenvalue weighted by molar-refractivity contribution is 5.04. The number of aromatic nitrogens is 2. The number of hydrogen-bond acceptors (Lipinski definition) is 3. The van der Waals surface area contributed by atoms with Gasteiger partial charge >= 0.3 is 0 Å². The van der Waals surface area contributed by atoms with Gasteiger partial charge in [-0.1, -0.05) is 13.8 Å². The molecule has 1 fully saturated rings. The van der Waals surface area contributed by atoms with E-state index >= 15 is 0 Å². The van der Waals surface area contributed by atoms with Gasteiger partial charge in [-0.25, -0.2) is 0 Å². The van der Waals surface area contributed by atoms with Crippen molar-refractivity contribution < 1.29 is 0 Å². The summed E-state index contributed by atoms with van der Waals surface area (Å²) in [6.45, 7) is 9.23. The highest BCUT2D eigenvalue weighted by atomic mass is 15.2. The van der Waals surface area contributed by atoms with Gasteiger partial charge in [0.2, 0.25) is 0 Å². The average molecular weight is 250 g/mol. The van der Waals surface area contributed by atoms with Gasteiger partial charge in [-0.2, -0.15) is 5.10 Å². The molecule has 0 amide bonds. The molecule has 2 rings (SSSR count). The molecule has 0 spiro atoms. The first kappa shape index (κ1) is 13.6. The maximum Gasteiger partial charge on any atom is 0.0522 e. The average Bonchev–Trinajstić information content (AvgIpc) is 2.73. The molecule has 1 unspecified atom stereocenters. The summed E-state index contributed by atoms with van der Waals surface area (Å²) in [5.41, 5.74) is 1.35. The summed E-state index contributed by atoms with van der Waals surface area (Å²) in [4.78, 5) is 2.64. The van der Waals surface area contributed by atoms with Gasteiger partial charge in [0.05, 0.1) is 6.20 Å². The molecule has 102 valence electrons. The highest BCUT2D eigenvalue weighted by Crippen LogP contribution is 2.14. The van der Waals surface area contributed by atoms with Gasteiger partial charge in [0.15, 0.2) is 0 Å². The van der Waals surface area contributed by atoms with Crippen molar-refractivity contribution in [2.45, 2.75) is 32.7 Å². The molecule has 1 atom stereocenters. The molecule has 1 saturated heterocycles. The van der Waals surface area contributed by atoms with Crippen molar-refractivity contribution in [2.24, 2.45) is 13.0 Å². The number of rotatable bonds is 5. The van der Waals surface area contributed by atoms with Crippen LogP contribution in [-0.4, -0.2) is 46.9 Å². The van der Waals surface area contributed by atoms with E-state index in [9.17, 15) is 0 Å². The Morgan fingerprint density at radius 1 is 1.50 bits per heavy atom. The first-order chi connectivity index (χ1) is 8.65. The molecule has 18 heavy (non-hydrogen) atoms. The lowest BCUT2D eigenvalue weighted by Crippen LogP contribution is -2.52. The van der Waals surface area contributed by atoms with E-state index < -0.39 is 0 Å². The summed E-state index contributed by atoms with van der Waals surface area (Å²) < 4.78 is 1.89. The topological polar surface area (TPSA) is 33.1 Å². The van der Waals surface area contributed by atoms with Crippen LogP contribution in [0.25, 0.3) is 0 Å². The fourth-order valence-electron chi connectivity index (χ4n) is 2.75. The van der Waals surface area contributed by atoms with Crippen LogP contribution in [-0.2, 0) is 13.5 Å². The lowest BCUT2D eigenvalue weighted by molar-refractivity contribution is 0.143. The summed E-state index contributed by atoms with van der Waals surface area (Å²) in [6, 6.07) is 0.704. The highest BCUT2D eigenvalue weighted by Gasteiger charge is 2.22. The van der Waals surface area contributed by atoms with Crippen LogP contribution in [0.2, 0.25) is 0 Å². The molecule has 4 heteroatoms. The van der Waals surface area contributed by atoms with Crippen molar-refractivity contribution >= 4 is 0 Å². The van der Waals surface area contributed by atoms with Crippen molar-refractivity contribution in [3.63, 3.8) is 0 Å². The predicted octanol–water partition coefficient (Wildman–Crippen LogP) is 1.28. The number of nitrogens with zero attached hydrogens (tertiary/aromatic N) is 3. The quantitative estimate of drug-likeness (QED) is 0.854. The van der Waals surface area contributed by atoms with Gasteiger partial charge in [-0.3, -0.25) is 9.58 Å². The molecule has 1 aliphatic heterocycles. The molecule has 1 aliphatic rings. The van der Waals surface area contributed by atoms with Gasteiger partial charge in [-0.05, 0) is 24.3 Å². The van der Waals surface area contributed by atoms with Crippen LogP contribution in [0.15, 0.2) is 12.4 Å². The Kier molecular flexibility index (Phi) is 4.78. The predicted molar refractivity (Wildman–Crippen MR) is 74.6 cm³/mol. The largest absolute Gasteiger partial charge is 0.314 e. The maximum atomic E-state index is 4.23. The minimum Gasteiger partial charge on any atom is -0.314 e. The zero-order valence-electron chi connectivity index (χ0n) is 11.9. The summed E-state index contributed by atoms with van der Waals surface area (Å²) in [5.74, 6) is 0.774. The molecule has 2 heterocycles. The standard InChI is InChI=1S/C14H26N4/c1-12(2)8-14-10-15-5-7-18(14)6-4-13-9-16-17(3)11-13/h9,11-12,14-15H,4-8,10H2,1-3H3. The number of piperazine rings is 1. The second kappa shape index (κ2) is 6.34. The normalized spacial score (nSPS) is 21.7.